The number of phenols is 1. The third-order valence-electron chi connectivity index (χ3n) is 3.90. The molecule has 0 radical (unpaired) electrons. The first kappa shape index (κ1) is 17.1. The number of benzene rings is 1. The van der Waals surface area contributed by atoms with Gasteiger partial charge in [0.25, 0.3) is 0 Å². The zero-order valence-corrected chi connectivity index (χ0v) is 14.8. The molecule has 0 spiro atoms. The van der Waals surface area contributed by atoms with E-state index in [-0.39, 0.29) is 17.4 Å². The van der Waals surface area contributed by atoms with Crippen LogP contribution in [0.25, 0.3) is 11.3 Å². The van der Waals surface area contributed by atoms with Crippen LogP contribution >= 0.6 is 0 Å². The van der Waals surface area contributed by atoms with Crippen LogP contribution in [-0.2, 0) is 17.4 Å². The summed E-state index contributed by atoms with van der Waals surface area (Å²) in [6.45, 7) is 12.8. The first-order valence-electron chi connectivity index (χ1n) is 7.83. The van der Waals surface area contributed by atoms with E-state index in [0.717, 1.165) is 22.4 Å². The molecule has 0 bridgehead atoms. The fourth-order valence-electron chi connectivity index (χ4n) is 2.60. The number of hydrogen-bond acceptors (Lipinski definition) is 3. The van der Waals surface area contributed by atoms with Crippen LogP contribution in [0.3, 0.4) is 0 Å². The average Bonchev–Trinajstić information content (AvgIpc) is 2.85. The number of aromatic hydroxyl groups is 1. The second kappa shape index (κ2) is 5.73. The zero-order chi connectivity index (χ0) is 17.4. The highest BCUT2D eigenvalue weighted by Crippen LogP contribution is 2.41. The summed E-state index contributed by atoms with van der Waals surface area (Å²) in [5, 5.41) is 24.0. The molecule has 4 heteroatoms. The van der Waals surface area contributed by atoms with E-state index in [1.807, 2.05) is 18.2 Å². The molecule has 0 aliphatic heterocycles. The zero-order valence-electron chi connectivity index (χ0n) is 14.8. The largest absolute Gasteiger partial charge is 0.507 e. The first-order chi connectivity index (χ1) is 10.5. The molecule has 0 saturated heterocycles. The molecule has 0 amide bonds. The molecule has 0 aliphatic carbocycles. The highest BCUT2D eigenvalue weighted by Gasteiger charge is 2.27. The molecule has 1 aromatic heterocycles. The minimum atomic E-state index is -0.171. The lowest BCUT2D eigenvalue weighted by molar-refractivity contribution is 0.423. The van der Waals surface area contributed by atoms with Crippen LogP contribution in [0.5, 0.6) is 5.75 Å². The van der Waals surface area contributed by atoms with Crippen molar-refractivity contribution in [2.75, 3.05) is 0 Å². The predicted molar refractivity (Wildman–Crippen MR) is 92.3 cm³/mol. The van der Waals surface area contributed by atoms with Crippen LogP contribution in [0.15, 0.2) is 24.4 Å². The van der Waals surface area contributed by atoms with Crippen LogP contribution in [0.4, 0.5) is 0 Å². The number of phenolic OH excluding ortho intramolecular Hbond substituents is 1. The Labute approximate surface area is 138 Å². The predicted octanol–water partition coefficient (Wildman–Crippen LogP) is 4.37. The maximum Gasteiger partial charge on any atom is 0.128 e. The van der Waals surface area contributed by atoms with Crippen LogP contribution in [0, 0.1) is 11.3 Å². The average molecular weight is 311 g/mol. The molecule has 1 heterocycles. The fraction of sp³-hybridized carbons (Fsp3) is 0.474. The summed E-state index contributed by atoms with van der Waals surface area (Å²) >= 11 is 0. The molecule has 0 aliphatic rings. The van der Waals surface area contributed by atoms with E-state index in [1.165, 1.54) is 0 Å². The summed E-state index contributed by atoms with van der Waals surface area (Å²) in [7, 11) is 0. The van der Waals surface area contributed by atoms with Crippen molar-refractivity contribution in [3.63, 3.8) is 0 Å². The molecule has 1 aromatic carbocycles. The van der Waals surface area contributed by atoms with Gasteiger partial charge in [-0.2, -0.15) is 10.4 Å². The second-order valence-electron chi connectivity index (χ2n) is 7.98. The molecule has 1 N–H and O–H groups in total. The fourth-order valence-corrected chi connectivity index (χ4v) is 2.60. The Morgan fingerprint density at radius 3 is 2.04 bits per heavy atom. The highest BCUT2D eigenvalue weighted by molar-refractivity contribution is 5.66. The third-order valence-corrected chi connectivity index (χ3v) is 3.90. The minimum absolute atomic E-state index is 0.171. The monoisotopic (exact) mass is 311 g/mol. The van der Waals surface area contributed by atoms with Gasteiger partial charge >= 0.3 is 0 Å². The van der Waals surface area contributed by atoms with E-state index in [1.54, 1.807) is 10.9 Å². The Morgan fingerprint density at radius 2 is 1.61 bits per heavy atom. The van der Waals surface area contributed by atoms with Gasteiger partial charge in [0.05, 0.1) is 11.8 Å². The van der Waals surface area contributed by atoms with Gasteiger partial charge in [-0.05, 0) is 29.0 Å². The van der Waals surface area contributed by atoms with Crippen molar-refractivity contribution in [1.29, 1.82) is 5.26 Å². The Bertz CT molecular complexity index is 717. The Morgan fingerprint density at radius 1 is 1.09 bits per heavy atom. The standard InChI is InChI=1S/C19H25N3O/c1-18(2,3)14-11-13(12-15(17(14)23)19(4,5)6)16-7-9-22(21-16)10-8-20/h7,9,11-12,23H,10H2,1-6H3. The molecule has 4 nitrogen and oxygen atoms in total. The number of aromatic nitrogens is 2. The second-order valence-corrected chi connectivity index (χ2v) is 7.98. The van der Waals surface area contributed by atoms with Crippen molar-refractivity contribution in [3.05, 3.63) is 35.5 Å². The van der Waals surface area contributed by atoms with E-state index in [9.17, 15) is 5.11 Å². The van der Waals surface area contributed by atoms with Crippen molar-refractivity contribution in [2.24, 2.45) is 0 Å². The Hall–Kier alpha value is -2.28. The molecule has 0 atom stereocenters. The highest BCUT2D eigenvalue weighted by atomic mass is 16.3. The minimum Gasteiger partial charge on any atom is -0.507 e. The molecule has 0 unspecified atom stereocenters. The maximum atomic E-state index is 10.8. The van der Waals surface area contributed by atoms with E-state index in [2.05, 4.69) is 52.7 Å². The summed E-state index contributed by atoms with van der Waals surface area (Å²) < 4.78 is 1.62. The molecule has 0 saturated carbocycles. The lowest BCUT2D eigenvalue weighted by Crippen LogP contribution is -2.17. The van der Waals surface area contributed by atoms with Crippen LogP contribution in [-0.4, -0.2) is 14.9 Å². The van der Waals surface area contributed by atoms with Gasteiger partial charge in [0.2, 0.25) is 0 Å². The van der Waals surface area contributed by atoms with Gasteiger partial charge in [-0.3, -0.25) is 4.68 Å². The topological polar surface area (TPSA) is 61.8 Å². The first-order valence-corrected chi connectivity index (χ1v) is 7.83. The summed E-state index contributed by atoms with van der Waals surface area (Å²) in [6, 6.07) is 8.00. The lowest BCUT2D eigenvalue weighted by Gasteiger charge is -2.28. The molecule has 0 fully saturated rings. The maximum absolute atomic E-state index is 10.8. The van der Waals surface area contributed by atoms with Crippen LogP contribution in [0.2, 0.25) is 0 Å². The molecule has 23 heavy (non-hydrogen) atoms. The van der Waals surface area contributed by atoms with Gasteiger partial charge < -0.3 is 5.11 Å². The van der Waals surface area contributed by atoms with Gasteiger partial charge in [0.1, 0.15) is 12.3 Å². The van der Waals surface area contributed by atoms with Crippen molar-refractivity contribution < 1.29 is 5.11 Å². The van der Waals surface area contributed by atoms with Gasteiger partial charge in [-0.1, -0.05) is 41.5 Å². The van der Waals surface area contributed by atoms with E-state index in [0.29, 0.717) is 5.75 Å². The van der Waals surface area contributed by atoms with Crippen molar-refractivity contribution in [3.8, 4) is 23.1 Å². The van der Waals surface area contributed by atoms with Gasteiger partial charge in [0, 0.05) is 22.9 Å². The van der Waals surface area contributed by atoms with E-state index >= 15 is 0 Å². The van der Waals surface area contributed by atoms with Crippen molar-refractivity contribution in [2.45, 2.75) is 58.9 Å². The number of nitrogens with zero attached hydrogens (tertiary/aromatic N) is 3. The number of nitriles is 1. The molecular formula is C19H25N3O. The number of rotatable bonds is 2. The SMILES string of the molecule is CC(C)(C)c1cc(-c2ccn(CC#N)n2)cc(C(C)(C)C)c1O. The quantitative estimate of drug-likeness (QED) is 0.895. The van der Waals surface area contributed by atoms with E-state index in [4.69, 9.17) is 5.26 Å². The van der Waals surface area contributed by atoms with Crippen LogP contribution in [0.1, 0.15) is 52.7 Å². The smallest absolute Gasteiger partial charge is 0.128 e. The third kappa shape index (κ3) is 3.56. The molecule has 2 aromatic rings. The number of hydrogen-bond donors (Lipinski definition) is 1. The Kier molecular flexibility index (Phi) is 4.26. The Balaban J connectivity index is 2.66. The van der Waals surface area contributed by atoms with Gasteiger partial charge in [-0.25, -0.2) is 0 Å². The molecular weight excluding hydrogens is 286 g/mol. The molecule has 122 valence electrons. The van der Waals surface area contributed by atoms with Crippen molar-refractivity contribution in [1.82, 2.24) is 9.78 Å². The summed E-state index contributed by atoms with van der Waals surface area (Å²) in [5.41, 5.74) is 3.26. The van der Waals surface area contributed by atoms with Gasteiger partial charge in [-0.15, -0.1) is 0 Å². The van der Waals surface area contributed by atoms with Gasteiger partial charge in [0.15, 0.2) is 0 Å². The summed E-state index contributed by atoms with van der Waals surface area (Å²) in [5.74, 6) is 0.366. The van der Waals surface area contributed by atoms with E-state index < -0.39 is 0 Å². The normalized spacial score (nSPS) is 12.2. The molecule has 2 rings (SSSR count). The summed E-state index contributed by atoms with van der Waals surface area (Å²) in [6.07, 6.45) is 1.80. The lowest BCUT2D eigenvalue weighted by atomic mass is 9.78. The summed E-state index contributed by atoms with van der Waals surface area (Å²) in [4.78, 5) is 0. The van der Waals surface area contributed by atoms with Crippen LogP contribution < -0.4 is 0 Å². The van der Waals surface area contributed by atoms with Crippen molar-refractivity contribution >= 4 is 0 Å².